The summed E-state index contributed by atoms with van der Waals surface area (Å²) in [6, 6.07) is 5.58. The largest absolute Gasteiger partial charge is 0.338 e. The minimum Gasteiger partial charge on any atom is -0.338 e. The molecule has 7 heteroatoms. The molecule has 0 radical (unpaired) electrons. The van der Waals surface area contributed by atoms with Gasteiger partial charge in [-0.3, -0.25) is 0 Å². The Kier molecular flexibility index (Phi) is 4.55. The Balaban J connectivity index is 2.34. The van der Waals surface area contributed by atoms with Crippen molar-refractivity contribution in [1.29, 1.82) is 0 Å². The third kappa shape index (κ3) is 3.00. The predicted molar refractivity (Wildman–Crippen MR) is 79.9 cm³/mol. The molecule has 1 aliphatic rings. The van der Waals surface area contributed by atoms with Gasteiger partial charge in [-0.2, -0.15) is 11.8 Å². The molecular weight excluding hydrogens is 336 g/mol. The van der Waals surface area contributed by atoms with E-state index in [1.807, 2.05) is 23.1 Å². The van der Waals surface area contributed by atoms with Crippen LogP contribution in [-0.4, -0.2) is 42.6 Å². The molecule has 1 saturated heterocycles. The second-order valence-electron chi connectivity index (χ2n) is 3.99. The second-order valence-corrected chi connectivity index (χ2v) is 8.40. The summed E-state index contributed by atoms with van der Waals surface area (Å²) in [5.74, 6) is 2.45. The summed E-state index contributed by atoms with van der Waals surface area (Å²) < 4.78 is 25.0. The number of aromatic nitrogens is 1. The Bertz CT molecular complexity index is 522. The van der Waals surface area contributed by atoms with E-state index in [2.05, 4.69) is 20.9 Å². The molecule has 1 aromatic heterocycles. The number of thioether (sulfide) groups is 1. The average Bonchev–Trinajstić information content (AvgIpc) is 2.39. The minimum atomic E-state index is -3.08. The predicted octanol–water partition coefficient (Wildman–Crippen LogP) is 2.16. The zero-order valence-corrected chi connectivity index (χ0v) is 13.3. The molecule has 1 fully saturated rings. The highest BCUT2D eigenvalue weighted by atomic mass is 79.9. The molecule has 4 nitrogen and oxygen atoms in total. The molecule has 1 aromatic rings. The summed E-state index contributed by atoms with van der Waals surface area (Å²) in [5, 5.41) is -0.456. The minimum absolute atomic E-state index is 0.169. The van der Waals surface area contributed by atoms with Crippen LogP contribution in [0.15, 0.2) is 22.8 Å². The van der Waals surface area contributed by atoms with E-state index in [9.17, 15) is 8.42 Å². The van der Waals surface area contributed by atoms with Gasteiger partial charge < -0.3 is 4.90 Å². The molecule has 2 heterocycles. The van der Waals surface area contributed by atoms with Gasteiger partial charge in [0.05, 0.1) is 0 Å². The van der Waals surface area contributed by atoms with Crippen LogP contribution in [0.3, 0.4) is 0 Å². The zero-order valence-electron chi connectivity index (χ0n) is 10.0. The van der Waals surface area contributed by atoms with E-state index >= 15 is 0 Å². The second kappa shape index (κ2) is 5.79. The van der Waals surface area contributed by atoms with E-state index in [1.165, 1.54) is 0 Å². The summed E-state index contributed by atoms with van der Waals surface area (Å²) in [5.41, 5.74) is 0. The van der Waals surface area contributed by atoms with Crippen LogP contribution in [0.1, 0.15) is 6.92 Å². The Labute approximate surface area is 120 Å². The lowest BCUT2D eigenvalue weighted by molar-refractivity contribution is 0.579. The maximum absolute atomic E-state index is 12.1. The zero-order chi connectivity index (χ0) is 13.2. The van der Waals surface area contributed by atoms with Crippen LogP contribution < -0.4 is 4.90 Å². The first-order valence-electron chi connectivity index (χ1n) is 5.73. The third-order valence-corrected chi connectivity index (χ3v) is 6.63. The number of hydrogen-bond acceptors (Lipinski definition) is 5. The summed E-state index contributed by atoms with van der Waals surface area (Å²) in [4.78, 5) is 6.27. The van der Waals surface area contributed by atoms with Crippen molar-refractivity contribution in [2.24, 2.45) is 0 Å². The first-order chi connectivity index (χ1) is 8.54. The number of hydrogen-bond donors (Lipinski definition) is 0. The van der Waals surface area contributed by atoms with Crippen LogP contribution in [0.4, 0.5) is 5.82 Å². The number of pyridine rings is 1. The van der Waals surface area contributed by atoms with Gasteiger partial charge in [-0.15, -0.1) is 0 Å². The standard InChI is InChI=1S/C11H15BrN2O2S2/c1-2-18(15,16)11-8-17-7-6-14(11)10-5-3-4-9(12)13-10/h3-5,11H,2,6-8H2,1H3. The molecule has 1 atom stereocenters. The SMILES string of the molecule is CCS(=O)(=O)C1CSCCN1c1cccc(Br)n1. The van der Waals surface area contributed by atoms with Crippen LogP contribution in [0, 0.1) is 0 Å². The molecule has 2 rings (SSSR count). The fraction of sp³-hybridized carbons (Fsp3) is 0.545. The van der Waals surface area contributed by atoms with Crippen LogP contribution in [0.25, 0.3) is 0 Å². The van der Waals surface area contributed by atoms with Gasteiger partial charge in [-0.25, -0.2) is 13.4 Å². The number of sulfone groups is 1. The molecule has 0 aromatic carbocycles. The van der Waals surface area contributed by atoms with Crippen LogP contribution in [0.5, 0.6) is 0 Å². The van der Waals surface area contributed by atoms with E-state index in [-0.39, 0.29) is 5.75 Å². The topological polar surface area (TPSA) is 50.3 Å². The lowest BCUT2D eigenvalue weighted by Gasteiger charge is -2.35. The fourth-order valence-corrected chi connectivity index (χ4v) is 5.20. The van der Waals surface area contributed by atoms with Crippen molar-refractivity contribution in [3.05, 3.63) is 22.8 Å². The summed E-state index contributed by atoms with van der Waals surface area (Å²) in [7, 11) is -3.08. The fourth-order valence-electron chi connectivity index (χ4n) is 1.89. The van der Waals surface area contributed by atoms with Gasteiger partial charge in [0, 0.05) is 23.8 Å². The summed E-state index contributed by atoms with van der Waals surface area (Å²) in [6.07, 6.45) is 0. The van der Waals surface area contributed by atoms with Crippen molar-refractivity contribution < 1.29 is 8.42 Å². The van der Waals surface area contributed by atoms with Gasteiger partial charge in [0.1, 0.15) is 15.8 Å². The molecule has 0 amide bonds. The third-order valence-electron chi connectivity index (χ3n) is 2.90. The average molecular weight is 351 g/mol. The van der Waals surface area contributed by atoms with Crippen molar-refractivity contribution in [3.8, 4) is 0 Å². The van der Waals surface area contributed by atoms with Crippen molar-refractivity contribution >= 4 is 43.3 Å². The highest BCUT2D eigenvalue weighted by Gasteiger charge is 2.33. The molecule has 0 spiro atoms. The quantitative estimate of drug-likeness (QED) is 0.781. The van der Waals surface area contributed by atoms with E-state index in [1.54, 1.807) is 18.7 Å². The van der Waals surface area contributed by atoms with Gasteiger partial charge in [-0.1, -0.05) is 13.0 Å². The molecule has 1 unspecified atom stereocenters. The number of rotatable bonds is 3. The number of anilines is 1. The first-order valence-corrected chi connectivity index (χ1v) is 9.39. The summed E-state index contributed by atoms with van der Waals surface area (Å²) in [6.45, 7) is 2.42. The van der Waals surface area contributed by atoms with Crippen LogP contribution in [-0.2, 0) is 9.84 Å². The van der Waals surface area contributed by atoms with Crippen molar-refractivity contribution in [3.63, 3.8) is 0 Å². The lowest BCUT2D eigenvalue weighted by atomic mass is 10.4. The van der Waals surface area contributed by atoms with Crippen LogP contribution >= 0.6 is 27.7 Å². The molecule has 100 valence electrons. The maximum atomic E-state index is 12.1. The van der Waals surface area contributed by atoms with E-state index in [0.717, 1.165) is 22.7 Å². The molecule has 0 saturated carbocycles. The van der Waals surface area contributed by atoms with Crippen molar-refractivity contribution in [2.45, 2.75) is 12.3 Å². The lowest BCUT2D eigenvalue weighted by Crippen LogP contribution is -2.48. The number of nitrogens with zero attached hydrogens (tertiary/aromatic N) is 2. The molecule has 18 heavy (non-hydrogen) atoms. The van der Waals surface area contributed by atoms with E-state index in [0.29, 0.717) is 5.75 Å². The monoisotopic (exact) mass is 350 g/mol. The highest BCUT2D eigenvalue weighted by molar-refractivity contribution is 9.10. The molecule has 0 aliphatic carbocycles. The number of halogens is 1. The molecule has 0 N–H and O–H groups in total. The first kappa shape index (κ1) is 14.1. The smallest absolute Gasteiger partial charge is 0.171 e. The Hall–Kier alpha value is -0.270. The van der Waals surface area contributed by atoms with Crippen molar-refractivity contribution in [1.82, 2.24) is 4.98 Å². The van der Waals surface area contributed by atoms with Crippen LogP contribution in [0.2, 0.25) is 0 Å². The molecule has 1 aliphatic heterocycles. The van der Waals surface area contributed by atoms with Gasteiger partial charge in [0.25, 0.3) is 0 Å². The molecule has 0 bridgehead atoms. The maximum Gasteiger partial charge on any atom is 0.171 e. The van der Waals surface area contributed by atoms with E-state index < -0.39 is 15.2 Å². The Morgan fingerprint density at radius 3 is 3.00 bits per heavy atom. The normalized spacial score (nSPS) is 21.0. The Morgan fingerprint density at radius 2 is 2.33 bits per heavy atom. The Morgan fingerprint density at radius 1 is 1.56 bits per heavy atom. The van der Waals surface area contributed by atoms with Crippen molar-refractivity contribution in [2.75, 3.05) is 28.7 Å². The van der Waals surface area contributed by atoms with Gasteiger partial charge in [0.15, 0.2) is 9.84 Å². The van der Waals surface area contributed by atoms with Gasteiger partial charge in [-0.05, 0) is 28.1 Å². The summed E-state index contributed by atoms with van der Waals surface area (Å²) >= 11 is 5.01. The highest BCUT2D eigenvalue weighted by Crippen LogP contribution is 2.26. The van der Waals surface area contributed by atoms with E-state index in [4.69, 9.17) is 0 Å². The van der Waals surface area contributed by atoms with Gasteiger partial charge in [0.2, 0.25) is 0 Å². The van der Waals surface area contributed by atoms with Gasteiger partial charge >= 0.3 is 0 Å². The molecular formula is C11H15BrN2O2S2.